The van der Waals surface area contributed by atoms with E-state index in [1.165, 1.54) is 11.3 Å². The van der Waals surface area contributed by atoms with Crippen molar-refractivity contribution >= 4 is 17.2 Å². The lowest BCUT2D eigenvalue weighted by atomic mass is 10.2. The molecule has 1 amide bonds. The number of carbonyl (C=O) groups excluding carboxylic acids is 1. The van der Waals surface area contributed by atoms with Gasteiger partial charge < -0.3 is 14.6 Å². The number of methoxy groups -OCH3 is 1. The first-order valence-electron chi connectivity index (χ1n) is 7.05. The van der Waals surface area contributed by atoms with Crippen molar-refractivity contribution in [2.75, 3.05) is 13.7 Å². The molecule has 23 heavy (non-hydrogen) atoms. The van der Waals surface area contributed by atoms with Gasteiger partial charge >= 0.3 is 0 Å². The van der Waals surface area contributed by atoms with Crippen LogP contribution in [-0.2, 0) is 6.42 Å². The van der Waals surface area contributed by atoms with Crippen LogP contribution < -0.4 is 10.1 Å². The first-order valence-corrected chi connectivity index (χ1v) is 7.93. The molecule has 0 aliphatic heterocycles. The highest BCUT2D eigenvalue weighted by atomic mass is 32.1. The van der Waals surface area contributed by atoms with E-state index in [-0.39, 0.29) is 5.91 Å². The van der Waals surface area contributed by atoms with Crippen LogP contribution in [0.2, 0.25) is 0 Å². The molecule has 0 aliphatic carbocycles. The van der Waals surface area contributed by atoms with Crippen molar-refractivity contribution in [3.05, 3.63) is 52.5 Å². The minimum Gasteiger partial charge on any atom is -0.497 e. The van der Waals surface area contributed by atoms with Crippen molar-refractivity contribution in [3.8, 4) is 17.1 Å². The van der Waals surface area contributed by atoms with Crippen LogP contribution >= 0.6 is 11.3 Å². The van der Waals surface area contributed by atoms with Crippen molar-refractivity contribution in [3.63, 3.8) is 0 Å². The third kappa shape index (κ3) is 3.75. The number of nitrogens with zero attached hydrogens (tertiary/aromatic N) is 2. The van der Waals surface area contributed by atoms with Crippen LogP contribution in [-0.4, -0.2) is 29.7 Å². The fraction of sp³-hybridized carbons (Fsp3) is 0.188. The summed E-state index contributed by atoms with van der Waals surface area (Å²) in [5, 5.41) is 8.65. The maximum atomic E-state index is 11.8. The fourth-order valence-electron chi connectivity index (χ4n) is 2.01. The van der Waals surface area contributed by atoms with Gasteiger partial charge in [-0.15, -0.1) is 11.3 Å². The Bertz CT molecular complexity index is 783. The normalized spacial score (nSPS) is 10.5. The van der Waals surface area contributed by atoms with Crippen LogP contribution in [0.4, 0.5) is 0 Å². The third-order valence-electron chi connectivity index (χ3n) is 3.17. The van der Waals surface area contributed by atoms with Gasteiger partial charge in [-0.1, -0.05) is 23.4 Å². The first kappa shape index (κ1) is 15.2. The Labute approximate surface area is 137 Å². The summed E-state index contributed by atoms with van der Waals surface area (Å²) < 4.78 is 10.4. The highest BCUT2D eigenvalue weighted by Gasteiger charge is 2.10. The minimum atomic E-state index is -0.0902. The second kappa shape index (κ2) is 7.06. The number of hydrogen-bond donors (Lipinski definition) is 1. The topological polar surface area (TPSA) is 77.3 Å². The number of amides is 1. The zero-order chi connectivity index (χ0) is 16.1. The van der Waals surface area contributed by atoms with Crippen LogP contribution in [0.15, 0.2) is 46.3 Å². The average Bonchev–Trinajstić information content (AvgIpc) is 3.26. The molecule has 0 bridgehead atoms. The van der Waals surface area contributed by atoms with Crippen molar-refractivity contribution in [1.82, 2.24) is 15.5 Å². The zero-order valence-corrected chi connectivity index (χ0v) is 13.3. The molecule has 0 saturated carbocycles. The van der Waals surface area contributed by atoms with Crippen LogP contribution in [0.25, 0.3) is 11.4 Å². The van der Waals surface area contributed by atoms with Crippen LogP contribution in [0.5, 0.6) is 5.75 Å². The number of nitrogens with one attached hydrogen (secondary N) is 1. The average molecular weight is 329 g/mol. The van der Waals surface area contributed by atoms with Crippen molar-refractivity contribution in [1.29, 1.82) is 0 Å². The Kier molecular flexibility index (Phi) is 4.68. The predicted molar refractivity (Wildman–Crippen MR) is 86.6 cm³/mol. The Morgan fingerprint density at radius 3 is 3.04 bits per heavy atom. The minimum absolute atomic E-state index is 0.0902. The molecule has 0 atom stereocenters. The molecule has 0 saturated heterocycles. The Morgan fingerprint density at radius 2 is 2.26 bits per heavy atom. The number of thiophene rings is 1. The SMILES string of the molecule is COc1cccc(-c2noc(CCNC(=O)c3cccs3)n2)c1. The van der Waals surface area contributed by atoms with Gasteiger partial charge in [0.25, 0.3) is 5.91 Å². The highest BCUT2D eigenvalue weighted by Crippen LogP contribution is 2.21. The summed E-state index contributed by atoms with van der Waals surface area (Å²) in [6.07, 6.45) is 0.480. The number of rotatable bonds is 6. The third-order valence-corrected chi connectivity index (χ3v) is 4.03. The van der Waals surface area contributed by atoms with Gasteiger partial charge in [0.05, 0.1) is 12.0 Å². The molecule has 2 heterocycles. The number of aromatic nitrogens is 2. The van der Waals surface area contributed by atoms with Crippen LogP contribution in [0.3, 0.4) is 0 Å². The van der Waals surface area contributed by atoms with Gasteiger partial charge in [-0.2, -0.15) is 4.98 Å². The van der Waals surface area contributed by atoms with Gasteiger partial charge in [-0.05, 0) is 23.6 Å². The predicted octanol–water partition coefficient (Wildman–Crippen LogP) is 2.78. The van der Waals surface area contributed by atoms with Gasteiger partial charge in [-0.25, -0.2) is 0 Å². The van der Waals surface area contributed by atoms with Gasteiger partial charge in [0.2, 0.25) is 11.7 Å². The standard InChI is InChI=1S/C16H15N3O3S/c1-21-12-5-2-4-11(10-12)15-18-14(22-19-15)7-8-17-16(20)13-6-3-9-23-13/h2-6,9-10H,7-8H2,1H3,(H,17,20). The highest BCUT2D eigenvalue weighted by molar-refractivity contribution is 7.12. The van der Waals surface area contributed by atoms with E-state index < -0.39 is 0 Å². The smallest absolute Gasteiger partial charge is 0.261 e. The largest absolute Gasteiger partial charge is 0.497 e. The first-order chi connectivity index (χ1) is 11.3. The summed E-state index contributed by atoms with van der Waals surface area (Å²) in [7, 11) is 1.61. The van der Waals surface area contributed by atoms with Crippen LogP contribution in [0, 0.1) is 0 Å². The molecular weight excluding hydrogens is 314 g/mol. The molecule has 3 rings (SSSR count). The van der Waals surface area contributed by atoms with E-state index in [4.69, 9.17) is 9.26 Å². The summed E-state index contributed by atoms with van der Waals surface area (Å²) in [4.78, 5) is 16.8. The molecule has 0 spiro atoms. The van der Waals surface area contributed by atoms with E-state index >= 15 is 0 Å². The number of carbonyl (C=O) groups is 1. The lowest BCUT2D eigenvalue weighted by Gasteiger charge is -2.00. The molecule has 7 heteroatoms. The van der Waals surface area contributed by atoms with Gasteiger partial charge in [0.15, 0.2) is 0 Å². The van der Waals surface area contributed by atoms with Crippen molar-refractivity contribution in [2.24, 2.45) is 0 Å². The van der Waals surface area contributed by atoms with E-state index in [1.54, 1.807) is 13.2 Å². The van der Waals surface area contributed by atoms with E-state index in [1.807, 2.05) is 35.7 Å². The van der Waals surface area contributed by atoms with Gasteiger partial charge in [0, 0.05) is 18.5 Å². The van der Waals surface area contributed by atoms with Gasteiger partial charge in [-0.3, -0.25) is 4.79 Å². The quantitative estimate of drug-likeness (QED) is 0.752. The molecule has 1 N–H and O–H groups in total. The summed E-state index contributed by atoms with van der Waals surface area (Å²) in [6, 6.07) is 11.1. The van der Waals surface area contributed by atoms with E-state index in [0.717, 1.165) is 11.3 Å². The summed E-state index contributed by atoms with van der Waals surface area (Å²) >= 11 is 1.41. The molecule has 0 aliphatic rings. The molecule has 0 fully saturated rings. The second-order valence-corrected chi connectivity index (χ2v) is 5.67. The molecule has 0 radical (unpaired) electrons. The fourth-order valence-corrected chi connectivity index (χ4v) is 2.65. The van der Waals surface area contributed by atoms with E-state index in [0.29, 0.717) is 29.6 Å². The Balaban J connectivity index is 1.58. The van der Waals surface area contributed by atoms with Gasteiger partial charge in [0.1, 0.15) is 5.75 Å². The molecule has 6 nitrogen and oxygen atoms in total. The number of benzene rings is 1. The summed E-state index contributed by atoms with van der Waals surface area (Å²) in [5.74, 6) is 1.63. The molecule has 3 aromatic rings. The molecular formula is C16H15N3O3S. The number of hydrogen-bond acceptors (Lipinski definition) is 6. The summed E-state index contributed by atoms with van der Waals surface area (Å²) in [5.41, 5.74) is 0.821. The summed E-state index contributed by atoms with van der Waals surface area (Å²) in [6.45, 7) is 0.441. The van der Waals surface area contributed by atoms with E-state index in [9.17, 15) is 4.79 Å². The zero-order valence-electron chi connectivity index (χ0n) is 12.5. The molecule has 0 unspecified atom stereocenters. The maximum Gasteiger partial charge on any atom is 0.261 e. The number of ether oxygens (including phenoxy) is 1. The lowest BCUT2D eigenvalue weighted by Crippen LogP contribution is -2.24. The molecule has 118 valence electrons. The van der Waals surface area contributed by atoms with Crippen LogP contribution in [0.1, 0.15) is 15.6 Å². The molecule has 2 aromatic heterocycles. The second-order valence-electron chi connectivity index (χ2n) is 4.73. The van der Waals surface area contributed by atoms with E-state index in [2.05, 4.69) is 15.5 Å². The Hall–Kier alpha value is -2.67. The Morgan fingerprint density at radius 1 is 1.35 bits per heavy atom. The van der Waals surface area contributed by atoms with Crippen molar-refractivity contribution < 1.29 is 14.1 Å². The molecule has 1 aromatic carbocycles. The van der Waals surface area contributed by atoms with Crippen molar-refractivity contribution in [2.45, 2.75) is 6.42 Å². The maximum absolute atomic E-state index is 11.8. The lowest BCUT2D eigenvalue weighted by molar-refractivity contribution is 0.0957. The monoisotopic (exact) mass is 329 g/mol.